The smallest absolute Gasteiger partial charge is 0.220 e. The first-order valence-electron chi connectivity index (χ1n) is 31.0. The van der Waals surface area contributed by atoms with Gasteiger partial charge >= 0.3 is 0 Å². The van der Waals surface area contributed by atoms with Crippen molar-refractivity contribution in [3.05, 3.63) is 97.2 Å². The lowest BCUT2D eigenvalue weighted by atomic mass is 9.97. The number of hydrogen-bond acceptors (Lipinski definition) is 13. The van der Waals surface area contributed by atoms with E-state index in [9.17, 15) is 45.6 Å². The van der Waals surface area contributed by atoms with Crippen LogP contribution in [0.2, 0.25) is 0 Å². The van der Waals surface area contributed by atoms with E-state index in [1.54, 1.807) is 6.08 Å². The summed E-state index contributed by atoms with van der Waals surface area (Å²) < 4.78 is 22.7. The quantitative estimate of drug-likeness (QED) is 0.0204. The fourth-order valence-electron chi connectivity index (χ4n) is 9.59. The highest BCUT2D eigenvalue weighted by atomic mass is 16.7. The normalized spacial score (nSPS) is 25.1. The summed E-state index contributed by atoms with van der Waals surface area (Å²) in [5, 5.41) is 86.8. The number of unbranched alkanes of at least 4 members (excludes halogenated alkanes) is 21. The Bertz CT molecular complexity index is 1690. The molecule has 12 atom stereocenters. The number of ether oxygens (including phenoxy) is 4. The Morgan fingerprint density at radius 2 is 0.848 bits per heavy atom. The molecule has 2 aliphatic rings. The van der Waals surface area contributed by atoms with Crippen LogP contribution in [0.15, 0.2) is 97.2 Å². The van der Waals surface area contributed by atoms with Gasteiger partial charge in [0.05, 0.1) is 32.0 Å². The molecular weight excluding hydrogens is 1000 g/mol. The van der Waals surface area contributed by atoms with E-state index in [0.717, 1.165) is 77.0 Å². The zero-order valence-electron chi connectivity index (χ0n) is 48.8. The summed E-state index contributed by atoms with van der Waals surface area (Å²) in [5.74, 6) is -0.258. The van der Waals surface area contributed by atoms with Crippen molar-refractivity contribution in [2.24, 2.45) is 0 Å². The lowest BCUT2D eigenvalue weighted by molar-refractivity contribution is -0.359. The van der Waals surface area contributed by atoms with Crippen molar-refractivity contribution in [3.63, 3.8) is 0 Å². The van der Waals surface area contributed by atoms with E-state index < -0.39 is 86.8 Å². The zero-order chi connectivity index (χ0) is 57.4. The van der Waals surface area contributed by atoms with Crippen LogP contribution in [0, 0.1) is 0 Å². The molecule has 2 fully saturated rings. The third kappa shape index (κ3) is 34.8. The third-order valence-electron chi connectivity index (χ3n) is 14.5. The van der Waals surface area contributed by atoms with Gasteiger partial charge in [-0.15, -0.1) is 0 Å². The fourth-order valence-corrected chi connectivity index (χ4v) is 9.59. The highest BCUT2D eigenvalue weighted by Gasteiger charge is 2.51. The Hall–Kier alpha value is -3.09. The van der Waals surface area contributed by atoms with Crippen LogP contribution < -0.4 is 5.32 Å². The molecule has 12 unspecified atom stereocenters. The number of amides is 1. The number of rotatable bonds is 48. The number of hydrogen-bond donors (Lipinski definition) is 9. The van der Waals surface area contributed by atoms with E-state index in [0.29, 0.717) is 12.8 Å². The second-order valence-corrected chi connectivity index (χ2v) is 21.4. The molecule has 14 nitrogen and oxygen atoms in total. The first-order chi connectivity index (χ1) is 38.6. The summed E-state index contributed by atoms with van der Waals surface area (Å²) in [6, 6.07) is -0.939. The van der Waals surface area contributed by atoms with E-state index in [1.807, 2.05) is 6.08 Å². The minimum absolute atomic E-state index is 0.258. The Morgan fingerprint density at radius 3 is 1.34 bits per heavy atom. The van der Waals surface area contributed by atoms with Gasteiger partial charge in [-0.2, -0.15) is 0 Å². The maximum Gasteiger partial charge on any atom is 0.220 e. The largest absolute Gasteiger partial charge is 0.394 e. The van der Waals surface area contributed by atoms with Gasteiger partial charge in [0.2, 0.25) is 5.91 Å². The predicted molar refractivity (Wildman–Crippen MR) is 318 cm³/mol. The standard InChI is InChI=1S/C65H111NO13/c1-3-5-7-9-11-13-15-16-17-18-19-20-21-22-23-24-25-26-27-28-29-30-31-32-33-34-35-36-37-38-39-41-43-45-47-49-57(70)66-53(54(69)48-46-44-42-40-14-12-10-8-6-4-2)52-76-64-62(75)60(73)63(56(51-68)78-64)79-65-61(74)59(72)58(71)55(50-67)77-65/h5-8,11,13-14,16-17,19-20,22-23,40,46,48,53-56,58-65,67-69,71-75H,3-4,9-10,12,15,18,21,24-39,41-45,47,49-52H2,1-2H3,(H,66,70)/b7-5-,8-6+,13-11-,17-16-,20-19-,23-22-,40-14+,48-46+. The van der Waals surface area contributed by atoms with Crippen LogP contribution >= 0.6 is 0 Å². The minimum Gasteiger partial charge on any atom is -0.394 e. The molecule has 0 radical (unpaired) electrons. The average molecular weight is 1110 g/mol. The van der Waals surface area contributed by atoms with Crippen LogP contribution in [0.1, 0.15) is 213 Å². The Morgan fingerprint density at radius 1 is 0.456 bits per heavy atom. The Kier molecular flexibility index (Phi) is 45.1. The maximum atomic E-state index is 13.2. The van der Waals surface area contributed by atoms with Gasteiger partial charge in [-0.05, 0) is 83.5 Å². The Labute approximate surface area is 477 Å². The number of allylic oxidation sites excluding steroid dienone is 15. The number of aliphatic hydroxyl groups excluding tert-OH is 8. The van der Waals surface area contributed by atoms with Crippen molar-refractivity contribution < 1.29 is 64.6 Å². The molecule has 0 bridgehead atoms. The average Bonchev–Trinajstić information content (AvgIpc) is 3.47. The molecule has 0 spiro atoms. The highest BCUT2D eigenvalue weighted by molar-refractivity contribution is 5.76. The van der Waals surface area contributed by atoms with E-state index in [-0.39, 0.29) is 18.9 Å². The molecule has 0 aromatic rings. The molecule has 2 aliphatic heterocycles. The van der Waals surface area contributed by atoms with Crippen LogP contribution in [-0.4, -0.2) is 140 Å². The summed E-state index contributed by atoms with van der Waals surface area (Å²) in [7, 11) is 0. The van der Waals surface area contributed by atoms with Gasteiger partial charge in [0, 0.05) is 6.42 Å². The third-order valence-corrected chi connectivity index (χ3v) is 14.5. The number of carbonyl (C=O) groups excluding carboxylic acids is 1. The fraction of sp³-hybridized carbons (Fsp3) is 0.738. The molecule has 0 aromatic carbocycles. The van der Waals surface area contributed by atoms with Gasteiger partial charge in [0.15, 0.2) is 12.6 Å². The highest BCUT2D eigenvalue weighted by Crippen LogP contribution is 2.30. The second-order valence-electron chi connectivity index (χ2n) is 21.4. The van der Waals surface area contributed by atoms with Crippen molar-refractivity contribution in [2.75, 3.05) is 19.8 Å². The van der Waals surface area contributed by atoms with Crippen LogP contribution in [0.5, 0.6) is 0 Å². The van der Waals surface area contributed by atoms with Crippen molar-refractivity contribution in [2.45, 2.75) is 286 Å². The van der Waals surface area contributed by atoms with E-state index in [2.05, 4.69) is 104 Å². The van der Waals surface area contributed by atoms with Gasteiger partial charge in [0.1, 0.15) is 48.8 Å². The van der Waals surface area contributed by atoms with Gasteiger partial charge in [-0.25, -0.2) is 0 Å². The van der Waals surface area contributed by atoms with Gasteiger partial charge in [-0.3, -0.25) is 4.79 Å². The van der Waals surface area contributed by atoms with Crippen LogP contribution in [0.4, 0.5) is 0 Å². The van der Waals surface area contributed by atoms with Crippen molar-refractivity contribution in [3.8, 4) is 0 Å². The second kappa shape index (κ2) is 49.5. The SMILES string of the molecule is CC/C=C\C/C=C\C/C=C\C/C=C\C/C=C\CCCCCCCCCCCCCCCCCCCCCC(=O)NC(COC1OC(CO)C(OC2OC(CO)C(O)C(O)C2O)C(O)C1O)C(O)/C=C/CC/C=C/CC/C=C/CC. The van der Waals surface area contributed by atoms with Gasteiger partial charge < -0.3 is 65.1 Å². The molecule has 0 saturated carbocycles. The zero-order valence-corrected chi connectivity index (χ0v) is 48.8. The predicted octanol–water partition coefficient (Wildman–Crippen LogP) is 11.1. The van der Waals surface area contributed by atoms with Crippen molar-refractivity contribution in [1.82, 2.24) is 5.32 Å². The molecule has 454 valence electrons. The summed E-state index contributed by atoms with van der Waals surface area (Å²) in [4.78, 5) is 13.2. The van der Waals surface area contributed by atoms with E-state index in [4.69, 9.17) is 18.9 Å². The maximum absolute atomic E-state index is 13.2. The van der Waals surface area contributed by atoms with Crippen LogP contribution in [0.3, 0.4) is 0 Å². The summed E-state index contributed by atoms with van der Waals surface area (Å²) in [6.45, 7) is 2.52. The number of carbonyl (C=O) groups is 1. The summed E-state index contributed by atoms with van der Waals surface area (Å²) in [6.07, 6.45) is 52.1. The van der Waals surface area contributed by atoms with Gasteiger partial charge in [0.25, 0.3) is 0 Å². The van der Waals surface area contributed by atoms with Crippen molar-refractivity contribution in [1.29, 1.82) is 0 Å². The summed E-state index contributed by atoms with van der Waals surface area (Å²) >= 11 is 0. The Balaban J connectivity index is 1.59. The molecule has 2 saturated heterocycles. The molecular formula is C65H111NO13. The monoisotopic (exact) mass is 1110 g/mol. The molecule has 2 rings (SSSR count). The van der Waals surface area contributed by atoms with E-state index >= 15 is 0 Å². The topological polar surface area (TPSA) is 228 Å². The summed E-state index contributed by atoms with van der Waals surface area (Å²) in [5.41, 5.74) is 0. The first kappa shape index (κ1) is 72.0. The van der Waals surface area contributed by atoms with Crippen molar-refractivity contribution >= 4 is 5.91 Å². The minimum atomic E-state index is -1.79. The molecule has 2 heterocycles. The molecule has 0 aliphatic carbocycles. The lowest BCUT2D eigenvalue weighted by Gasteiger charge is -2.46. The number of nitrogens with one attached hydrogen (secondary N) is 1. The molecule has 79 heavy (non-hydrogen) atoms. The molecule has 14 heteroatoms. The van der Waals surface area contributed by atoms with E-state index in [1.165, 1.54) is 103 Å². The number of aliphatic hydroxyl groups is 8. The lowest BCUT2D eigenvalue weighted by Crippen LogP contribution is -2.65. The first-order valence-corrected chi connectivity index (χ1v) is 31.0. The molecule has 9 N–H and O–H groups in total. The van der Waals surface area contributed by atoms with Gasteiger partial charge in [-0.1, -0.05) is 220 Å². The van der Waals surface area contributed by atoms with Crippen LogP contribution in [-0.2, 0) is 23.7 Å². The van der Waals surface area contributed by atoms with Crippen LogP contribution in [0.25, 0.3) is 0 Å². The molecule has 1 amide bonds. The molecule has 0 aromatic heterocycles.